The maximum atomic E-state index is 12.5. The summed E-state index contributed by atoms with van der Waals surface area (Å²) in [7, 11) is 0. The number of rotatable bonds is 6. The van der Waals surface area contributed by atoms with Gasteiger partial charge in [-0.2, -0.15) is 0 Å². The smallest absolute Gasteiger partial charge is 0.317 e. The number of esters is 1. The summed E-state index contributed by atoms with van der Waals surface area (Å²) in [4.78, 5) is 24.3. The van der Waals surface area contributed by atoms with Crippen molar-refractivity contribution in [2.45, 2.75) is 25.7 Å². The van der Waals surface area contributed by atoms with E-state index in [1.165, 1.54) is 0 Å². The standard InChI is InChI=1S/C20H21NO5/c1-3-25-19(23)20(12-17(20)18(22)21-24)14-6-10-16(11-7-14)26-15-8-4-13(2)5-9-15/h4-11,17,24H,3,12H2,1-2H3,(H,21,22)/t17-,20-/m1/s1. The van der Waals surface area contributed by atoms with Crippen molar-refractivity contribution in [2.75, 3.05) is 6.61 Å². The molecule has 136 valence electrons. The van der Waals surface area contributed by atoms with Gasteiger partial charge in [-0.15, -0.1) is 0 Å². The third-order valence-corrected chi connectivity index (χ3v) is 4.65. The third kappa shape index (κ3) is 3.28. The Balaban J connectivity index is 1.81. The number of aryl methyl sites for hydroxylation is 1. The molecule has 2 N–H and O–H groups in total. The molecule has 1 fully saturated rings. The fraction of sp³-hybridized carbons (Fsp3) is 0.300. The van der Waals surface area contributed by atoms with Crippen molar-refractivity contribution in [3.63, 3.8) is 0 Å². The lowest BCUT2D eigenvalue weighted by atomic mass is 9.93. The Kier molecular flexibility index (Phi) is 4.95. The number of nitrogens with one attached hydrogen (secondary N) is 1. The van der Waals surface area contributed by atoms with Gasteiger partial charge in [0.2, 0.25) is 5.91 Å². The fourth-order valence-electron chi connectivity index (χ4n) is 3.14. The normalized spacial score (nSPS) is 21.0. The molecule has 0 saturated heterocycles. The summed E-state index contributed by atoms with van der Waals surface area (Å²) < 4.78 is 10.9. The van der Waals surface area contributed by atoms with E-state index in [0.717, 1.165) is 5.56 Å². The quantitative estimate of drug-likeness (QED) is 0.472. The van der Waals surface area contributed by atoms with Crippen LogP contribution >= 0.6 is 0 Å². The fourth-order valence-corrected chi connectivity index (χ4v) is 3.14. The van der Waals surface area contributed by atoms with E-state index in [2.05, 4.69) is 0 Å². The molecule has 1 amide bonds. The molecule has 0 aliphatic heterocycles. The highest BCUT2D eigenvalue weighted by Crippen LogP contribution is 2.55. The molecule has 0 bridgehead atoms. The van der Waals surface area contributed by atoms with Crippen molar-refractivity contribution in [3.05, 3.63) is 59.7 Å². The molecular weight excluding hydrogens is 334 g/mol. The van der Waals surface area contributed by atoms with E-state index in [1.807, 2.05) is 31.2 Å². The van der Waals surface area contributed by atoms with Gasteiger partial charge >= 0.3 is 5.97 Å². The van der Waals surface area contributed by atoms with E-state index in [0.29, 0.717) is 23.5 Å². The minimum atomic E-state index is -1.05. The van der Waals surface area contributed by atoms with Crippen molar-refractivity contribution < 1.29 is 24.3 Å². The molecule has 1 saturated carbocycles. The Hall–Kier alpha value is -2.86. The van der Waals surface area contributed by atoms with E-state index >= 15 is 0 Å². The topological polar surface area (TPSA) is 84.9 Å². The van der Waals surface area contributed by atoms with Crippen LogP contribution in [0.15, 0.2) is 48.5 Å². The molecule has 6 nitrogen and oxygen atoms in total. The van der Waals surface area contributed by atoms with Crippen molar-refractivity contribution in [1.29, 1.82) is 0 Å². The third-order valence-electron chi connectivity index (χ3n) is 4.65. The zero-order valence-electron chi connectivity index (χ0n) is 14.7. The molecule has 0 unspecified atom stereocenters. The Morgan fingerprint density at radius 3 is 2.23 bits per heavy atom. The first-order chi connectivity index (χ1) is 12.5. The van der Waals surface area contributed by atoms with Gasteiger partial charge in [0.1, 0.15) is 16.9 Å². The molecule has 0 radical (unpaired) electrons. The summed E-state index contributed by atoms with van der Waals surface area (Å²) in [6.45, 7) is 3.94. The van der Waals surface area contributed by atoms with Crippen LogP contribution in [0, 0.1) is 12.8 Å². The monoisotopic (exact) mass is 355 g/mol. The van der Waals surface area contributed by atoms with Gasteiger partial charge in [0.15, 0.2) is 0 Å². The summed E-state index contributed by atoms with van der Waals surface area (Å²) in [5.41, 5.74) is 2.39. The van der Waals surface area contributed by atoms with Crippen LogP contribution in [-0.2, 0) is 19.7 Å². The highest BCUT2D eigenvalue weighted by molar-refractivity contribution is 5.97. The van der Waals surface area contributed by atoms with Crippen LogP contribution in [0.2, 0.25) is 0 Å². The average molecular weight is 355 g/mol. The number of ether oxygens (including phenoxy) is 2. The van der Waals surface area contributed by atoms with Gasteiger partial charge in [-0.1, -0.05) is 29.8 Å². The number of hydroxylamine groups is 1. The van der Waals surface area contributed by atoms with Gasteiger partial charge in [-0.25, -0.2) is 5.48 Å². The molecule has 26 heavy (non-hydrogen) atoms. The van der Waals surface area contributed by atoms with Gasteiger partial charge in [-0.3, -0.25) is 14.8 Å². The molecule has 0 aromatic heterocycles. The van der Waals surface area contributed by atoms with Crippen LogP contribution in [-0.4, -0.2) is 23.7 Å². The summed E-state index contributed by atoms with van der Waals surface area (Å²) in [6.07, 6.45) is 0.302. The summed E-state index contributed by atoms with van der Waals surface area (Å²) in [6, 6.07) is 14.7. The maximum Gasteiger partial charge on any atom is 0.317 e. The van der Waals surface area contributed by atoms with Crippen LogP contribution in [0.25, 0.3) is 0 Å². The number of hydrogen-bond acceptors (Lipinski definition) is 5. The van der Waals surface area contributed by atoms with Gasteiger partial charge in [0, 0.05) is 0 Å². The minimum absolute atomic E-state index is 0.225. The number of amides is 1. The molecular formula is C20H21NO5. The molecule has 0 heterocycles. The Bertz CT molecular complexity index is 800. The molecule has 2 aromatic carbocycles. The number of carbonyl (C=O) groups is 2. The lowest BCUT2D eigenvalue weighted by molar-refractivity contribution is -0.148. The van der Waals surface area contributed by atoms with E-state index in [4.69, 9.17) is 14.7 Å². The van der Waals surface area contributed by atoms with Crippen LogP contribution in [0.3, 0.4) is 0 Å². The second kappa shape index (κ2) is 7.17. The second-order valence-electron chi connectivity index (χ2n) is 6.36. The van der Waals surface area contributed by atoms with Gasteiger partial charge in [0.25, 0.3) is 0 Å². The second-order valence-corrected chi connectivity index (χ2v) is 6.36. The SMILES string of the molecule is CCOC(=O)[C@@]1(c2ccc(Oc3ccc(C)cc3)cc2)C[C@@H]1C(=O)NO. The maximum absolute atomic E-state index is 12.5. The highest BCUT2D eigenvalue weighted by atomic mass is 16.5. The van der Waals surface area contributed by atoms with Crippen molar-refractivity contribution in [2.24, 2.45) is 5.92 Å². The van der Waals surface area contributed by atoms with Crippen molar-refractivity contribution in [1.82, 2.24) is 5.48 Å². The highest BCUT2D eigenvalue weighted by Gasteiger charge is 2.65. The van der Waals surface area contributed by atoms with E-state index < -0.39 is 23.2 Å². The van der Waals surface area contributed by atoms with Crippen molar-refractivity contribution in [3.8, 4) is 11.5 Å². The average Bonchev–Trinajstić information content (AvgIpc) is 3.41. The molecule has 1 aliphatic carbocycles. The first-order valence-corrected chi connectivity index (χ1v) is 8.47. The molecule has 2 aromatic rings. The van der Waals surface area contributed by atoms with Crippen LogP contribution in [0.1, 0.15) is 24.5 Å². The molecule has 6 heteroatoms. The first-order valence-electron chi connectivity index (χ1n) is 8.47. The van der Waals surface area contributed by atoms with Crippen molar-refractivity contribution >= 4 is 11.9 Å². The largest absolute Gasteiger partial charge is 0.465 e. The number of benzene rings is 2. The lowest BCUT2D eigenvalue weighted by Gasteiger charge is -2.16. The lowest BCUT2D eigenvalue weighted by Crippen LogP contribution is -2.32. The zero-order valence-corrected chi connectivity index (χ0v) is 14.7. The van der Waals surface area contributed by atoms with Crippen LogP contribution in [0.4, 0.5) is 0 Å². The Morgan fingerprint density at radius 2 is 1.69 bits per heavy atom. The summed E-state index contributed by atoms with van der Waals surface area (Å²) >= 11 is 0. The van der Waals surface area contributed by atoms with Gasteiger partial charge < -0.3 is 9.47 Å². The minimum Gasteiger partial charge on any atom is -0.465 e. The van der Waals surface area contributed by atoms with Crippen LogP contribution in [0.5, 0.6) is 11.5 Å². The first kappa shape index (κ1) is 17.9. The van der Waals surface area contributed by atoms with E-state index in [1.54, 1.807) is 36.7 Å². The molecule has 1 aliphatic rings. The van der Waals surface area contributed by atoms with Gasteiger partial charge in [-0.05, 0) is 50.1 Å². The number of carbonyl (C=O) groups excluding carboxylic acids is 2. The van der Waals surface area contributed by atoms with E-state index in [9.17, 15) is 9.59 Å². The summed E-state index contributed by atoms with van der Waals surface area (Å²) in [5.74, 6) is -0.345. The Morgan fingerprint density at radius 1 is 1.12 bits per heavy atom. The van der Waals surface area contributed by atoms with Gasteiger partial charge in [0.05, 0.1) is 12.5 Å². The predicted octanol–water partition coefficient (Wildman–Crippen LogP) is 3.11. The van der Waals surface area contributed by atoms with Crippen LogP contribution < -0.4 is 10.2 Å². The number of hydrogen-bond donors (Lipinski definition) is 2. The predicted molar refractivity (Wildman–Crippen MR) is 94.0 cm³/mol. The summed E-state index contributed by atoms with van der Waals surface area (Å²) in [5, 5.41) is 8.89. The Labute approximate surface area is 151 Å². The molecule has 3 rings (SSSR count). The molecule has 0 spiro atoms. The zero-order chi connectivity index (χ0) is 18.7. The molecule has 2 atom stereocenters. The van der Waals surface area contributed by atoms with E-state index in [-0.39, 0.29) is 6.61 Å².